The summed E-state index contributed by atoms with van der Waals surface area (Å²) in [5.41, 5.74) is 13.4. The van der Waals surface area contributed by atoms with Gasteiger partial charge in [-0.3, -0.25) is 21.1 Å². The zero-order valence-corrected chi connectivity index (χ0v) is 22.9. The average molecular weight is 594 g/mol. The number of nitrogens with two attached hydrogens (primary N) is 1. The Morgan fingerprint density at radius 1 is 0.976 bits per heavy atom. The van der Waals surface area contributed by atoms with Gasteiger partial charge in [0.1, 0.15) is 17.7 Å². The van der Waals surface area contributed by atoms with Crippen LogP contribution in [0.5, 0.6) is 11.5 Å². The van der Waals surface area contributed by atoms with Crippen LogP contribution in [0.3, 0.4) is 0 Å². The van der Waals surface area contributed by atoms with E-state index in [1.54, 1.807) is 42.5 Å². The Balaban J connectivity index is 0.000000782. The van der Waals surface area contributed by atoms with E-state index in [9.17, 15) is 22.4 Å². The molecule has 0 bridgehead atoms. The molecule has 0 aliphatic rings. The van der Waals surface area contributed by atoms with Gasteiger partial charge in [0.2, 0.25) is 0 Å². The Kier molecular flexibility index (Phi) is 11.9. The molecule has 14 heteroatoms. The number of hydrogen-bond donors (Lipinski definition) is 6. The highest BCUT2D eigenvalue weighted by Crippen LogP contribution is 2.33. The molecule has 1 amide bonds. The van der Waals surface area contributed by atoms with Gasteiger partial charge >= 0.3 is 12.1 Å². The standard InChI is InChI=1S/C26H30FN5O3.C2HF3O2/c1-4-34-23-15-18(7-14-22(23)35-16(2)3)24(30-20-10-5-17(6-11-20)25(28)29)26(33)32-31-21-12-8-19(27)9-13-21;3-2(4,5)1(6)7/h5-16,24,30-31H,4H2,1-3H3,(H3,28,29)(H,32,33);(H,6,7). The highest BCUT2D eigenvalue weighted by molar-refractivity contribution is 5.95. The number of halogens is 4. The van der Waals surface area contributed by atoms with Crippen molar-refractivity contribution in [2.75, 3.05) is 17.3 Å². The van der Waals surface area contributed by atoms with E-state index in [1.807, 2.05) is 20.8 Å². The lowest BCUT2D eigenvalue weighted by atomic mass is 10.0. The second kappa shape index (κ2) is 15.1. The molecule has 0 spiro atoms. The number of hydrogen-bond acceptors (Lipinski definition) is 7. The van der Waals surface area contributed by atoms with Crippen molar-refractivity contribution in [1.82, 2.24) is 5.43 Å². The molecule has 0 aromatic heterocycles. The van der Waals surface area contributed by atoms with E-state index in [4.69, 9.17) is 30.5 Å². The number of hydrazine groups is 1. The molecule has 0 saturated heterocycles. The number of nitrogen functional groups attached to an aromatic ring is 1. The number of amidine groups is 1. The van der Waals surface area contributed by atoms with Crippen molar-refractivity contribution in [3.05, 3.63) is 83.7 Å². The minimum Gasteiger partial charge on any atom is -0.490 e. The Labute approximate surface area is 239 Å². The van der Waals surface area contributed by atoms with Crippen LogP contribution in [-0.4, -0.2) is 41.7 Å². The van der Waals surface area contributed by atoms with Crippen molar-refractivity contribution in [3.63, 3.8) is 0 Å². The van der Waals surface area contributed by atoms with Crippen LogP contribution in [0.25, 0.3) is 0 Å². The number of anilines is 2. The highest BCUT2D eigenvalue weighted by Gasteiger charge is 2.38. The summed E-state index contributed by atoms with van der Waals surface area (Å²) < 4.78 is 56.5. The molecule has 0 heterocycles. The maximum atomic E-state index is 13.3. The summed E-state index contributed by atoms with van der Waals surface area (Å²) in [6.07, 6.45) is -5.13. The molecule has 226 valence electrons. The van der Waals surface area contributed by atoms with E-state index in [-0.39, 0.29) is 23.7 Å². The maximum Gasteiger partial charge on any atom is 0.490 e. The largest absolute Gasteiger partial charge is 0.490 e. The Morgan fingerprint density at radius 2 is 1.55 bits per heavy atom. The summed E-state index contributed by atoms with van der Waals surface area (Å²) in [4.78, 5) is 22.2. The molecule has 1 unspecified atom stereocenters. The number of carboxylic acids is 1. The van der Waals surface area contributed by atoms with Gasteiger partial charge in [-0.1, -0.05) is 6.07 Å². The van der Waals surface area contributed by atoms with Crippen molar-refractivity contribution < 1.29 is 41.7 Å². The molecular weight excluding hydrogens is 562 g/mol. The van der Waals surface area contributed by atoms with Gasteiger partial charge in [0.15, 0.2) is 11.5 Å². The summed E-state index contributed by atoms with van der Waals surface area (Å²) in [5.74, 6) is -2.45. The number of amides is 1. The van der Waals surface area contributed by atoms with Crippen LogP contribution in [0.1, 0.15) is 37.9 Å². The van der Waals surface area contributed by atoms with Crippen LogP contribution >= 0.6 is 0 Å². The Hall–Kier alpha value is -5.01. The highest BCUT2D eigenvalue weighted by atomic mass is 19.4. The first kappa shape index (κ1) is 33.2. The molecule has 10 nitrogen and oxygen atoms in total. The molecule has 0 aliphatic heterocycles. The predicted molar refractivity (Wildman–Crippen MR) is 149 cm³/mol. The second-order valence-electron chi connectivity index (χ2n) is 8.80. The lowest BCUT2D eigenvalue weighted by Crippen LogP contribution is -2.37. The number of nitrogens with one attached hydrogen (secondary N) is 4. The molecule has 7 N–H and O–H groups in total. The van der Waals surface area contributed by atoms with Gasteiger partial charge in [-0.2, -0.15) is 13.2 Å². The maximum absolute atomic E-state index is 13.3. The monoisotopic (exact) mass is 593 g/mol. The average Bonchev–Trinajstić information content (AvgIpc) is 2.92. The van der Waals surface area contributed by atoms with Crippen molar-refractivity contribution in [2.45, 2.75) is 39.1 Å². The van der Waals surface area contributed by atoms with Crippen molar-refractivity contribution in [1.29, 1.82) is 5.41 Å². The number of ether oxygens (including phenoxy) is 2. The van der Waals surface area contributed by atoms with Crippen molar-refractivity contribution >= 4 is 29.1 Å². The third kappa shape index (κ3) is 10.5. The molecule has 0 radical (unpaired) electrons. The number of rotatable bonds is 11. The molecule has 3 aromatic carbocycles. The first-order chi connectivity index (χ1) is 19.7. The fourth-order valence-electron chi connectivity index (χ4n) is 3.28. The van der Waals surface area contributed by atoms with Gasteiger partial charge in [0.25, 0.3) is 5.91 Å². The van der Waals surface area contributed by atoms with Crippen LogP contribution in [0.2, 0.25) is 0 Å². The topological polar surface area (TPSA) is 159 Å². The third-order valence-corrected chi connectivity index (χ3v) is 5.15. The number of aliphatic carboxylic acids is 1. The summed E-state index contributed by atoms with van der Waals surface area (Å²) in [6, 6.07) is 17.0. The lowest BCUT2D eigenvalue weighted by molar-refractivity contribution is -0.192. The first-order valence-corrected chi connectivity index (χ1v) is 12.5. The van der Waals surface area contributed by atoms with E-state index in [1.165, 1.54) is 24.3 Å². The van der Waals surface area contributed by atoms with E-state index in [0.717, 1.165) is 0 Å². The van der Waals surface area contributed by atoms with Gasteiger partial charge in [0, 0.05) is 11.3 Å². The van der Waals surface area contributed by atoms with Gasteiger partial charge in [-0.05, 0) is 87.0 Å². The number of carboxylic acid groups (broad SMARTS) is 1. The number of carbonyl (C=O) groups is 2. The van der Waals surface area contributed by atoms with Crippen LogP contribution in [0, 0.1) is 11.2 Å². The molecule has 3 aromatic rings. The van der Waals surface area contributed by atoms with Crippen LogP contribution in [0.15, 0.2) is 66.7 Å². The van der Waals surface area contributed by atoms with E-state index in [0.29, 0.717) is 40.6 Å². The summed E-state index contributed by atoms with van der Waals surface area (Å²) >= 11 is 0. The van der Waals surface area contributed by atoms with Crippen LogP contribution in [0.4, 0.5) is 28.9 Å². The quantitative estimate of drug-likeness (QED) is 0.0764. The summed E-state index contributed by atoms with van der Waals surface area (Å²) in [7, 11) is 0. The summed E-state index contributed by atoms with van der Waals surface area (Å²) in [5, 5.41) is 17.9. The Bertz CT molecular complexity index is 1350. The SMILES string of the molecule is CCOc1cc(C(Nc2ccc(C(=N)N)cc2)C(=O)NNc2ccc(F)cc2)ccc1OC(C)C.O=C(O)C(F)(F)F. The van der Waals surface area contributed by atoms with Crippen LogP contribution in [-0.2, 0) is 9.59 Å². The molecule has 3 rings (SSSR count). The van der Waals surface area contributed by atoms with Gasteiger partial charge in [-0.15, -0.1) is 0 Å². The molecular formula is C28H31F4N5O5. The third-order valence-electron chi connectivity index (χ3n) is 5.15. The number of alkyl halides is 3. The molecule has 1 atom stereocenters. The lowest BCUT2D eigenvalue weighted by Gasteiger charge is -2.22. The van der Waals surface area contributed by atoms with Gasteiger partial charge in [0.05, 0.1) is 18.4 Å². The van der Waals surface area contributed by atoms with E-state index < -0.39 is 18.2 Å². The summed E-state index contributed by atoms with van der Waals surface area (Å²) in [6.45, 7) is 6.15. The first-order valence-electron chi connectivity index (χ1n) is 12.5. The van der Waals surface area contributed by atoms with E-state index in [2.05, 4.69) is 16.2 Å². The fourth-order valence-corrected chi connectivity index (χ4v) is 3.28. The zero-order chi connectivity index (χ0) is 31.4. The smallest absolute Gasteiger partial charge is 0.490 e. The molecule has 0 fully saturated rings. The van der Waals surface area contributed by atoms with Crippen molar-refractivity contribution in [2.24, 2.45) is 5.73 Å². The zero-order valence-electron chi connectivity index (χ0n) is 22.9. The second-order valence-corrected chi connectivity index (χ2v) is 8.80. The molecule has 0 saturated carbocycles. The molecule has 42 heavy (non-hydrogen) atoms. The minimum atomic E-state index is -5.08. The van der Waals surface area contributed by atoms with E-state index >= 15 is 0 Å². The predicted octanol–water partition coefficient (Wildman–Crippen LogP) is 5.23. The van der Waals surface area contributed by atoms with Gasteiger partial charge < -0.3 is 25.6 Å². The van der Waals surface area contributed by atoms with Crippen molar-refractivity contribution in [3.8, 4) is 11.5 Å². The number of carbonyl (C=O) groups excluding carboxylic acids is 1. The fraction of sp³-hybridized carbons (Fsp3) is 0.250. The van der Waals surface area contributed by atoms with Gasteiger partial charge in [-0.25, -0.2) is 9.18 Å². The number of benzene rings is 3. The normalized spacial score (nSPS) is 11.4. The van der Waals surface area contributed by atoms with Crippen LogP contribution < -0.4 is 31.4 Å². The minimum absolute atomic E-state index is 0.0445. The molecule has 0 aliphatic carbocycles. The Morgan fingerprint density at radius 3 is 2.05 bits per heavy atom.